The summed E-state index contributed by atoms with van der Waals surface area (Å²) in [5.74, 6) is 0. The average Bonchev–Trinajstić information content (AvgIpc) is 2.76. The Labute approximate surface area is 101 Å². The zero-order valence-corrected chi connectivity index (χ0v) is 10.8. The third kappa shape index (κ3) is 0.902. The molecule has 0 bridgehead atoms. The highest BCUT2D eigenvalue weighted by Crippen LogP contribution is 2.44. The summed E-state index contributed by atoms with van der Waals surface area (Å²) in [4.78, 5) is 2.88. The van der Waals surface area contributed by atoms with Gasteiger partial charge in [0.25, 0.3) is 0 Å². The second kappa shape index (κ2) is 2.76. The summed E-state index contributed by atoms with van der Waals surface area (Å²) in [6.45, 7) is 4.45. The fraction of sp³-hybridized carbons (Fsp3) is 0.143. The molecule has 0 aliphatic rings. The molecule has 0 aliphatic carbocycles. The van der Waals surface area contributed by atoms with E-state index in [0.717, 1.165) is 0 Å². The van der Waals surface area contributed by atoms with Gasteiger partial charge in [0.1, 0.15) is 0 Å². The molecule has 0 unspecified atom stereocenters. The fourth-order valence-electron chi connectivity index (χ4n) is 2.63. The molecule has 78 valence electrons. The highest BCUT2D eigenvalue weighted by atomic mass is 32.1. The molecule has 0 saturated carbocycles. The van der Waals surface area contributed by atoms with Gasteiger partial charge in [-0.25, -0.2) is 0 Å². The monoisotopic (exact) mass is 242 g/mol. The van der Waals surface area contributed by atoms with Crippen molar-refractivity contribution in [3.8, 4) is 0 Å². The minimum absolute atomic E-state index is 1.43. The summed E-state index contributed by atoms with van der Waals surface area (Å²) in [5, 5.41) is 5.86. The van der Waals surface area contributed by atoms with Crippen LogP contribution in [0.2, 0.25) is 0 Å². The van der Waals surface area contributed by atoms with Gasteiger partial charge in [-0.05, 0) is 36.8 Å². The van der Waals surface area contributed by atoms with Crippen LogP contribution in [0.5, 0.6) is 0 Å². The van der Waals surface area contributed by atoms with E-state index in [2.05, 4.69) is 38.1 Å². The lowest BCUT2D eigenvalue weighted by Crippen LogP contribution is -1.73. The van der Waals surface area contributed by atoms with Gasteiger partial charge in [-0.1, -0.05) is 12.1 Å². The SMILES string of the molecule is Cc1sc2ccc3sc(C)c4ccc1c2c34. The molecular formula is C14H10S2. The molecule has 2 heteroatoms. The predicted octanol–water partition coefficient (Wildman–Crippen LogP) is 5.32. The van der Waals surface area contributed by atoms with Crippen LogP contribution in [0.4, 0.5) is 0 Å². The van der Waals surface area contributed by atoms with Crippen molar-refractivity contribution in [1.29, 1.82) is 0 Å². The van der Waals surface area contributed by atoms with Crippen molar-refractivity contribution in [3.63, 3.8) is 0 Å². The lowest BCUT2D eigenvalue weighted by atomic mass is 10.0. The second-order valence-corrected chi connectivity index (χ2v) is 6.80. The molecule has 0 N–H and O–H groups in total. The van der Waals surface area contributed by atoms with E-state index in [9.17, 15) is 0 Å². The quantitative estimate of drug-likeness (QED) is 0.391. The summed E-state index contributed by atoms with van der Waals surface area (Å²) in [5.41, 5.74) is 0. The number of hydrogen-bond donors (Lipinski definition) is 0. The van der Waals surface area contributed by atoms with Crippen molar-refractivity contribution in [2.45, 2.75) is 13.8 Å². The third-order valence-electron chi connectivity index (χ3n) is 3.37. The Balaban J connectivity index is 2.51. The average molecular weight is 242 g/mol. The lowest BCUT2D eigenvalue weighted by molar-refractivity contribution is 1.67. The molecular weight excluding hydrogens is 232 g/mol. The molecule has 2 aromatic heterocycles. The van der Waals surface area contributed by atoms with E-state index in [4.69, 9.17) is 0 Å². The molecule has 0 radical (unpaired) electrons. The van der Waals surface area contributed by atoms with E-state index in [1.54, 1.807) is 0 Å². The van der Waals surface area contributed by atoms with Gasteiger partial charge >= 0.3 is 0 Å². The number of benzene rings is 2. The molecule has 0 fully saturated rings. The minimum atomic E-state index is 1.43. The Bertz CT molecular complexity index is 747. The van der Waals surface area contributed by atoms with E-state index in [1.807, 2.05) is 22.7 Å². The summed E-state index contributed by atoms with van der Waals surface area (Å²) in [6, 6.07) is 9.13. The maximum atomic E-state index is 2.29. The van der Waals surface area contributed by atoms with Crippen LogP contribution in [0.15, 0.2) is 24.3 Å². The normalized spacial score (nSPS) is 12.4. The van der Waals surface area contributed by atoms with Gasteiger partial charge in [-0.3, -0.25) is 0 Å². The molecule has 0 atom stereocenters. The van der Waals surface area contributed by atoms with E-state index >= 15 is 0 Å². The summed E-state index contributed by atoms with van der Waals surface area (Å²) >= 11 is 3.83. The standard InChI is InChI=1S/C14H10S2/c1-7-9-3-4-10-8(2)16-12-6-5-11(15-7)13(9)14(10)12/h3-6H,1-2H3. The molecule has 4 rings (SSSR count). The van der Waals surface area contributed by atoms with Crippen molar-refractivity contribution in [2.75, 3.05) is 0 Å². The van der Waals surface area contributed by atoms with Gasteiger partial charge in [0, 0.05) is 29.9 Å². The number of thiophene rings is 2. The van der Waals surface area contributed by atoms with Gasteiger partial charge in [0.15, 0.2) is 0 Å². The molecule has 16 heavy (non-hydrogen) atoms. The van der Waals surface area contributed by atoms with Gasteiger partial charge in [-0.2, -0.15) is 0 Å². The van der Waals surface area contributed by atoms with Crippen LogP contribution >= 0.6 is 22.7 Å². The predicted molar refractivity (Wildman–Crippen MR) is 75.4 cm³/mol. The van der Waals surface area contributed by atoms with Crippen LogP contribution in [-0.4, -0.2) is 0 Å². The summed E-state index contributed by atoms with van der Waals surface area (Å²) < 4.78 is 2.87. The molecule has 0 nitrogen and oxygen atoms in total. The van der Waals surface area contributed by atoms with Crippen LogP contribution in [0, 0.1) is 13.8 Å². The molecule has 0 amide bonds. The first-order valence-electron chi connectivity index (χ1n) is 5.39. The van der Waals surface area contributed by atoms with Crippen molar-refractivity contribution in [2.24, 2.45) is 0 Å². The maximum Gasteiger partial charge on any atom is 0.0359 e. The molecule has 0 spiro atoms. The molecule has 2 heterocycles. The highest BCUT2D eigenvalue weighted by molar-refractivity contribution is 7.22. The number of aryl methyl sites for hydroxylation is 2. The van der Waals surface area contributed by atoms with Crippen molar-refractivity contribution in [3.05, 3.63) is 34.0 Å². The Hall–Kier alpha value is -1.12. The number of hydrogen-bond acceptors (Lipinski definition) is 2. The summed E-state index contributed by atoms with van der Waals surface area (Å²) in [7, 11) is 0. The van der Waals surface area contributed by atoms with Crippen LogP contribution < -0.4 is 0 Å². The van der Waals surface area contributed by atoms with E-state index < -0.39 is 0 Å². The van der Waals surface area contributed by atoms with E-state index in [0.29, 0.717) is 0 Å². The Morgan fingerprint density at radius 2 is 1.12 bits per heavy atom. The molecule has 0 aliphatic heterocycles. The summed E-state index contributed by atoms with van der Waals surface area (Å²) in [6.07, 6.45) is 0. The van der Waals surface area contributed by atoms with Crippen molar-refractivity contribution >= 4 is 53.6 Å². The van der Waals surface area contributed by atoms with Gasteiger partial charge in [0.2, 0.25) is 0 Å². The zero-order chi connectivity index (χ0) is 10.9. The van der Waals surface area contributed by atoms with Crippen LogP contribution in [0.3, 0.4) is 0 Å². The van der Waals surface area contributed by atoms with Gasteiger partial charge < -0.3 is 0 Å². The van der Waals surface area contributed by atoms with Crippen LogP contribution in [0.25, 0.3) is 30.9 Å². The first kappa shape index (κ1) is 8.97. The third-order valence-corrected chi connectivity index (χ3v) is 5.54. The smallest absolute Gasteiger partial charge is 0.0359 e. The number of rotatable bonds is 0. The Morgan fingerprint density at radius 3 is 1.56 bits per heavy atom. The van der Waals surface area contributed by atoms with Crippen molar-refractivity contribution < 1.29 is 0 Å². The fourth-order valence-corrected chi connectivity index (χ4v) is 4.75. The van der Waals surface area contributed by atoms with Crippen LogP contribution in [0.1, 0.15) is 9.75 Å². The van der Waals surface area contributed by atoms with Crippen LogP contribution in [-0.2, 0) is 0 Å². The maximum absolute atomic E-state index is 2.29. The van der Waals surface area contributed by atoms with Gasteiger partial charge in [-0.15, -0.1) is 22.7 Å². The van der Waals surface area contributed by atoms with Gasteiger partial charge in [0.05, 0.1) is 0 Å². The topological polar surface area (TPSA) is 0 Å². The second-order valence-electron chi connectivity index (χ2n) is 4.29. The molecule has 0 saturated heterocycles. The first-order chi connectivity index (χ1) is 7.75. The molecule has 4 aromatic rings. The Morgan fingerprint density at radius 1 is 0.688 bits per heavy atom. The highest BCUT2D eigenvalue weighted by Gasteiger charge is 2.14. The van der Waals surface area contributed by atoms with E-state index in [1.165, 1.54) is 40.7 Å². The first-order valence-corrected chi connectivity index (χ1v) is 7.02. The van der Waals surface area contributed by atoms with E-state index in [-0.39, 0.29) is 0 Å². The zero-order valence-electron chi connectivity index (χ0n) is 9.13. The lowest BCUT2D eigenvalue weighted by Gasteiger charge is -1.99. The Kier molecular flexibility index (Phi) is 1.55. The molecule has 2 aromatic carbocycles. The van der Waals surface area contributed by atoms with Crippen molar-refractivity contribution in [1.82, 2.24) is 0 Å². The largest absolute Gasteiger partial charge is 0.140 e. The minimum Gasteiger partial charge on any atom is -0.140 e.